The SMILES string of the molecule is Cc1ccc2cc(CC#N)sc2c1Cl. The normalized spacial score (nSPS) is 10.4. The molecule has 1 aromatic heterocycles. The first-order valence-electron chi connectivity index (χ1n) is 4.27. The summed E-state index contributed by atoms with van der Waals surface area (Å²) in [5.41, 5.74) is 1.09. The average Bonchev–Trinajstić information content (AvgIpc) is 2.56. The summed E-state index contributed by atoms with van der Waals surface area (Å²) in [6, 6.07) is 8.24. The molecule has 0 aliphatic carbocycles. The Morgan fingerprint density at radius 3 is 3.00 bits per heavy atom. The van der Waals surface area contributed by atoms with Gasteiger partial charge in [0.25, 0.3) is 0 Å². The van der Waals surface area contributed by atoms with E-state index in [0.29, 0.717) is 6.42 Å². The van der Waals surface area contributed by atoms with Crippen LogP contribution in [-0.2, 0) is 6.42 Å². The van der Waals surface area contributed by atoms with Crippen LogP contribution in [0.5, 0.6) is 0 Å². The third-order valence-corrected chi connectivity index (χ3v) is 3.89. The van der Waals surface area contributed by atoms with Gasteiger partial charge in [0, 0.05) is 4.88 Å². The summed E-state index contributed by atoms with van der Waals surface area (Å²) in [5, 5.41) is 10.5. The summed E-state index contributed by atoms with van der Waals surface area (Å²) in [6.07, 6.45) is 0.467. The summed E-state index contributed by atoms with van der Waals surface area (Å²) >= 11 is 7.78. The average molecular weight is 222 g/mol. The first-order valence-corrected chi connectivity index (χ1v) is 5.46. The molecule has 0 amide bonds. The van der Waals surface area contributed by atoms with E-state index in [-0.39, 0.29) is 0 Å². The molecular formula is C11H8ClNS. The lowest BCUT2D eigenvalue weighted by atomic mass is 10.2. The first kappa shape index (κ1) is 9.51. The van der Waals surface area contributed by atoms with Gasteiger partial charge in [-0.3, -0.25) is 0 Å². The van der Waals surface area contributed by atoms with Crippen LogP contribution in [-0.4, -0.2) is 0 Å². The van der Waals surface area contributed by atoms with Crippen LogP contribution in [0.3, 0.4) is 0 Å². The van der Waals surface area contributed by atoms with E-state index in [9.17, 15) is 0 Å². The highest BCUT2D eigenvalue weighted by Crippen LogP contribution is 2.33. The standard InChI is InChI=1S/C11H8ClNS/c1-7-2-3-8-6-9(4-5-13)14-11(8)10(7)12/h2-3,6H,4H2,1H3. The molecule has 0 spiro atoms. The van der Waals surface area contributed by atoms with Gasteiger partial charge < -0.3 is 0 Å². The van der Waals surface area contributed by atoms with E-state index in [1.54, 1.807) is 11.3 Å². The fourth-order valence-corrected chi connectivity index (χ4v) is 2.75. The Morgan fingerprint density at radius 2 is 2.29 bits per heavy atom. The predicted molar refractivity (Wildman–Crippen MR) is 60.9 cm³/mol. The van der Waals surface area contributed by atoms with Crippen molar-refractivity contribution in [2.45, 2.75) is 13.3 Å². The highest BCUT2D eigenvalue weighted by atomic mass is 35.5. The zero-order valence-electron chi connectivity index (χ0n) is 7.67. The minimum atomic E-state index is 0.467. The summed E-state index contributed by atoms with van der Waals surface area (Å²) < 4.78 is 1.09. The minimum Gasteiger partial charge on any atom is -0.198 e. The maximum Gasteiger partial charge on any atom is 0.0696 e. The van der Waals surface area contributed by atoms with Crippen molar-refractivity contribution < 1.29 is 0 Å². The zero-order chi connectivity index (χ0) is 10.1. The zero-order valence-corrected chi connectivity index (χ0v) is 9.25. The van der Waals surface area contributed by atoms with E-state index in [1.807, 2.05) is 25.1 Å². The van der Waals surface area contributed by atoms with E-state index in [4.69, 9.17) is 16.9 Å². The van der Waals surface area contributed by atoms with Gasteiger partial charge in [-0.15, -0.1) is 11.3 Å². The molecule has 70 valence electrons. The monoisotopic (exact) mass is 221 g/mol. The molecule has 0 fully saturated rings. The molecule has 0 saturated carbocycles. The molecule has 2 aromatic rings. The van der Waals surface area contributed by atoms with Gasteiger partial charge in [-0.05, 0) is 23.9 Å². The fourth-order valence-electron chi connectivity index (χ4n) is 1.39. The van der Waals surface area contributed by atoms with Crippen LogP contribution in [0, 0.1) is 18.3 Å². The molecule has 0 aliphatic heterocycles. The molecule has 0 saturated heterocycles. The number of fused-ring (bicyclic) bond motifs is 1. The summed E-state index contributed by atoms with van der Waals surface area (Å²) in [7, 11) is 0. The van der Waals surface area contributed by atoms with Crippen molar-refractivity contribution in [2.24, 2.45) is 0 Å². The van der Waals surface area contributed by atoms with Crippen LogP contribution in [0.1, 0.15) is 10.4 Å². The molecule has 14 heavy (non-hydrogen) atoms. The molecule has 0 unspecified atom stereocenters. The molecule has 3 heteroatoms. The van der Waals surface area contributed by atoms with Gasteiger partial charge in [-0.25, -0.2) is 0 Å². The van der Waals surface area contributed by atoms with Gasteiger partial charge >= 0.3 is 0 Å². The molecule has 0 radical (unpaired) electrons. The molecule has 1 aromatic carbocycles. The van der Waals surface area contributed by atoms with E-state index in [1.165, 1.54) is 0 Å². The summed E-state index contributed by atoms with van der Waals surface area (Å²) in [5.74, 6) is 0. The second kappa shape index (κ2) is 3.61. The van der Waals surface area contributed by atoms with Crippen LogP contribution in [0.15, 0.2) is 18.2 Å². The lowest BCUT2D eigenvalue weighted by molar-refractivity contribution is 1.32. The summed E-state index contributed by atoms with van der Waals surface area (Å²) in [4.78, 5) is 1.08. The lowest BCUT2D eigenvalue weighted by Gasteiger charge is -1.96. The maximum absolute atomic E-state index is 8.59. The molecule has 0 N–H and O–H groups in total. The number of nitrogens with zero attached hydrogens (tertiary/aromatic N) is 1. The third-order valence-electron chi connectivity index (χ3n) is 2.12. The predicted octanol–water partition coefficient (Wildman–Crippen LogP) is 3.93. The van der Waals surface area contributed by atoms with Gasteiger partial charge in [0.15, 0.2) is 0 Å². The number of hydrogen-bond donors (Lipinski definition) is 0. The largest absolute Gasteiger partial charge is 0.198 e. The number of hydrogen-bond acceptors (Lipinski definition) is 2. The maximum atomic E-state index is 8.59. The highest BCUT2D eigenvalue weighted by molar-refractivity contribution is 7.19. The lowest BCUT2D eigenvalue weighted by Crippen LogP contribution is -1.72. The Hall–Kier alpha value is -1.04. The first-order chi connectivity index (χ1) is 6.72. The van der Waals surface area contributed by atoms with Crippen molar-refractivity contribution in [3.8, 4) is 6.07 Å². The molecule has 2 rings (SSSR count). The van der Waals surface area contributed by atoms with Gasteiger partial charge in [0.1, 0.15) is 0 Å². The van der Waals surface area contributed by atoms with E-state index in [2.05, 4.69) is 6.07 Å². The molecule has 1 heterocycles. The van der Waals surface area contributed by atoms with Gasteiger partial charge in [0.2, 0.25) is 0 Å². The van der Waals surface area contributed by atoms with Crippen molar-refractivity contribution in [3.63, 3.8) is 0 Å². The van der Waals surface area contributed by atoms with Gasteiger partial charge in [-0.2, -0.15) is 5.26 Å². The number of halogens is 1. The van der Waals surface area contributed by atoms with Crippen LogP contribution in [0.25, 0.3) is 10.1 Å². The van der Waals surface area contributed by atoms with Gasteiger partial charge in [-0.1, -0.05) is 23.7 Å². The Kier molecular flexibility index (Phi) is 2.45. The summed E-state index contributed by atoms with van der Waals surface area (Å²) in [6.45, 7) is 1.99. The van der Waals surface area contributed by atoms with Crippen molar-refractivity contribution >= 4 is 33.0 Å². The minimum absolute atomic E-state index is 0.467. The van der Waals surface area contributed by atoms with Crippen molar-refractivity contribution in [3.05, 3.63) is 33.7 Å². The van der Waals surface area contributed by atoms with Crippen molar-refractivity contribution in [2.75, 3.05) is 0 Å². The molecular weight excluding hydrogens is 214 g/mol. The topological polar surface area (TPSA) is 23.8 Å². The number of benzene rings is 1. The Bertz CT molecular complexity index is 522. The highest BCUT2D eigenvalue weighted by Gasteiger charge is 2.06. The molecule has 0 bridgehead atoms. The Balaban J connectivity index is 2.66. The van der Waals surface area contributed by atoms with Crippen molar-refractivity contribution in [1.29, 1.82) is 5.26 Å². The van der Waals surface area contributed by atoms with Crippen LogP contribution < -0.4 is 0 Å². The molecule has 0 aliphatic rings. The van der Waals surface area contributed by atoms with E-state index in [0.717, 1.165) is 25.5 Å². The van der Waals surface area contributed by atoms with Crippen LogP contribution in [0.4, 0.5) is 0 Å². The third kappa shape index (κ3) is 1.50. The Morgan fingerprint density at radius 1 is 1.50 bits per heavy atom. The smallest absolute Gasteiger partial charge is 0.0696 e. The second-order valence-electron chi connectivity index (χ2n) is 3.16. The number of nitriles is 1. The molecule has 1 nitrogen and oxygen atoms in total. The number of thiophene rings is 1. The second-order valence-corrected chi connectivity index (χ2v) is 4.68. The van der Waals surface area contributed by atoms with Crippen molar-refractivity contribution in [1.82, 2.24) is 0 Å². The van der Waals surface area contributed by atoms with Gasteiger partial charge in [0.05, 0.1) is 22.2 Å². The number of rotatable bonds is 1. The molecule has 0 atom stereocenters. The van der Waals surface area contributed by atoms with Crippen LogP contribution >= 0.6 is 22.9 Å². The Labute approximate surface area is 91.5 Å². The van der Waals surface area contributed by atoms with E-state index < -0.39 is 0 Å². The quantitative estimate of drug-likeness (QED) is 0.716. The van der Waals surface area contributed by atoms with Crippen LogP contribution in [0.2, 0.25) is 5.02 Å². The van der Waals surface area contributed by atoms with E-state index >= 15 is 0 Å². The fraction of sp³-hybridized carbons (Fsp3) is 0.182. The number of aryl methyl sites for hydroxylation is 1.